The zero-order valence-electron chi connectivity index (χ0n) is 35.0. The second-order valence-corrected chi connectivity index (χ2v) is 16.3. The summed E-state index contributed by atoms with van der Waals surface area (Å²) < 4.78 is 4.78. The molecule has 0 aliphatic carbocycles. The lowest BCUT2D eigenvalue weighted by Gasteiger charge is -2.26. The van der Waals surface area contributed by atoms with Crippen LogP contribution in [0.3, 0.4) is 0 Å². The number of fused-ring (bicyclic) bond motifs is 6. The van der Waals surface area contributed by atoms with Crippen molar-refractivity contribution in [3.63, 3.8) is 0 Å². The van der Waals surface area contributed by atoms with Crippen LogP contribution < -0.4 is 15.5 Å². The van der Waals surface area contributed by atoms with Gasteiger partial charge in [-0.3, -0.25) is 0 Å². The molecule has 1 aliphatic rings. The maximum atomic E-state index is 4.41. The maximum absolute atomic E-state index is 4.41. The summed E-state index contributed by atoms with van der Waals surface area (Å²) in [5.74, 6) is 0. The predicted octanol–water partition coefficient (Wildman–Crippen LogP) is 14.6. The van der Waals surface area contributed by atoms with E-state index in [1.807, 2.05) is 12.2 Å². The summed E-state index contributed by atoms with van der Waals surface area (Å²) in [5, 5.41) is 6.03. The van der Waals surface area contributed by atoms with Gasteiger partial charge >= 0.3 is 0 Å². The molecule has 10 aromatic rings. The van der Waals surface area contributed by atoms with Crippen molar-refractivity contribution in [2.24, 2.45) is 0 Å². The summed E-state index contributed by atoms with van der Waals surface area (Å²) in [4.78, 5) is 2.36. The molecule has 1 atom stereocenters. The molecule has 0 saturated carbocycles. The molecule has 0 radical (unpaired) electrons. The number of allylic oxidation sites excluding steroid dienone is 3. The Morgan fingerprint density at radius 1 is 0.476 bits per heavy atom. The minimum Gasteiger partial charge on any atom is -0.333 e. The highest BCUT2D eigenvalue weighted by Gasteiger charge is 2.24. The van der Waals surface area contributed by atoms with Crippen molar-refractivity contribution in [3.8, 4) is 39.1 Å². The first kappa shape index (κ1) is 37.8. The van der Waals surface area contributed by atoms with Crippen LogP contribution in [0.25, 0.3) is 83.9 Å². The van der Waals surface area contributed by atoms with Crippen molar-refractivity contribution in [1.82, 2.24) is 9.13 Å². The second kappa shape index (κ2) is 15.7. The molecular weight excluding hydrogens is 763 g/mol. The third kappa shape index (κ3) is 6.54. The van der Waals surface area contributed by atoms with E-state index in [9.17, 15) is 0 Å². The molecule has 63 heavy (non-hydrogen) atoms. The van der Waals surface area contributed by atoms with Gasteiger partial charge in [-0.15, -0.1) is 6.58 Å². The lowest BCUT2D eigenvalue weighted by Crippen LogP contribution is -2.26. The Kier molecular flexibility index (Phi) is 9.44. The molecule has 3 heterocycles. The molecule has 0 spiro atoms. The lowest BCUT2D eigenvalue weighted by atomic mass is 10.00. The molecule has 0 amide bonds. The number of anilines is 3. The molecule has 0 bridgehead atoms. The van der Waals surface area contributed by atoms with Crippen LogP contribution in [0.1, 0.15) is 12.5 Å². The van der Waals surface area contributed by atoms with Crippen molar-refractivity contribution >= 4 is 61.9 Å². The zero-order chi connectivity index (χ0) is 42.4. The fraction of sp³-hybridized carbons (Fsp3) is 0.0333. The van der Waals surface area contributed by atoms with Gasteiger partial charge in [-0.1, -0.05) is 159 Å². The Balaban J connectivity index is 0.977. The van der Waals surface area contributed by atoms with E-state index in [1.165, 1.54) is 65.9 Å². The van der Waals surface area contributed by atoms with Crippen LogP contribution in [0.4, 0.5) is 17.1 Å². The molecule has 8 aromatic carbocycles. The quantitative estimate of drug-likeness (QED) is 0.125. The number of aromatic nitrogens is 2. The predicted molar refractivity (Wildman–Crippen MR) is 269 cm³/mol. The van der Waals surface area contributed by atoms with Crippen molar-refractivity contribution in [2.45, 2.75) is 12.5 Å². The number of benzene rings is 8. The van der Waals surface area contributed by atoms with E-state index in [4.69, 9.17) is 0 Å². The topological polar surface area (TPSA) is 13.1 Å². The first-order valence-electron chi connectivity index (χ1n) is 21.6. The Hall–Kier alpha value is -8.14. The van der Waals surface area contributed by atoms with Crippen LogP contribution in [0.2, 0.25) is 0 Å². The average Bonchev–Trinajstić information content (AvgIpc) is 3.96. The number of hydrogen-bond donors (Lipinski definition) is 0. The van der Waals surface area contributed by atoms with Crippen LogP contribution in [0, 0.1) is 0 Å². The van der Waals surface area contributed by atoms with Gasteiger partial charge in [0.15, 0.2) is 0 Å². The SMILES string of the molecule is C=CC=c1c2n(c3ccc(N(c4ccc(-c5ccc(-c6ccccc6)cc5)cc4)c4ccc(-c5ccc(-n6c7ccccc7c7ccccc76)cc5)cc4)cc13)C(CC=C)C(=C)C=2. The standard InChI is InChI=1S/C60H45N3/c1-4-13-52-55-40-51(37-38-59(55)63-56(14-5-2)41(3)39-60(52)63)61(48-31-25-45(26-32-48)44-23-21-43(22-24-44)42-15-7-6-8-16-42)49-33-27-46(28-34-49)47-29-35-50(36-30-47)62-57-19-11-9-17-53(57)54-18-10-12-20-58(54)62/h4-13,15-40,56H,1-3,14H2. The minimum absolute atomic E-state index is 0.145. The van der Waals surface area contributed by atoms with Crippen LogP contribution in [-0.2, 0) is 0 Å². The zero-order valence-corrected chi connectivity index (χ0v) is 35.0. The van der Waals surface area contributed by atoms with Gasteiger partial charge in [0, 0.05) is 49.6 Å². The summed E-state index contributed by atoms with van der Waals surface area (Å²) in [7, 11) is 0. The summed E-state index contributed by atoms with van der Waals surface area (Å²) in [6.07, 6.45) is 9.05. The second-order valence-electron chi connectivity index (χ2n) is 16.3. The third-order valence-corrected chi connectivity index (χ3v) is 12.7. The number of hydrogen-bond acceptors (Lipinski definition) is 1. The van der Waals surface area contributed by atoms with Gasteiger partial charge in [0.1, 0.15) is 0 Å². The Morgan fingerprint density at radius 3 is 1.49 bits per heavy atom. The monoisotopic (exact) mass is 807 g/mol. The molecule has 300 valence electrons. The molecule has 0 saturated heterocycles. The average molecular weight is 808 g/mol. The normalized spacial score (nSPS) is 13.7. The summed E-state index contributed by atoms with van der Waals surface area (Å²) in [6, 6.07) is 70.5. The smallest absolute Gasteiger partial charge is 0.0621 e. The maximum Gasteiger partial charge on any atom is 0.0621 e. The molecule has 11 rings (SSSR count). The molecular formula is C60H45N3. The van der Waals surface area contributed by atoms with Crippen LogP contribution in [0.5, 0.6) is 0 Å². The highest BCUT2D eigenvalue weighted by Crippen LogP contribution is 2.39. The van der Waals surface area contributed by atoms with Crippen molar-refractivity contribution in [2.75, 3.05) is 4.90 Å². The number of nitrogens with zero attached hydrogens (tertiary/aromatic N) is 3. The van der Waals surface area contributed by atoms with E-state index in [2.05, 4.69) is 240 Å². The van der Waals surface area contributed by atoms with Gasteiger partial charge in [-0.05, 0) is 118 Å². The van der Waals surface area contributed by atoms with Crippen LogP contribution in [-0.4, -0.2) is 9.13 Å². The van der Waals surface area contributed by atoms with Crippen LogP contribution in [0.15, 0.2) is 232 Å². The lowest BCUT2D eigenvalue weighted by molar-refractivity contribution is 0.625. The van der Waals surface area contributed by atoms with E-state index >= 15 is 0 Å². The third-order valence-electron chi connectivity index (χ3n) is 12.7. The highest BCUT2D eigenvalue weighted by atomic mass is 15.1. The molecule has 0 fully saturated rings. The van der Waals surface area contributed by atoms with Crippen molar-refractivity contribution in [1.29, 1.82) is 0 Å². The van der Waals surface area contributed by atoms with Gasteiger partial charge < -0.3 is 14.0 Å². The Labute approximate surface area is 368 Å². The molecule has 1 unspecified atom stereocenters. The van der Waals surface area contributed by atoms with E-state index < -0.39 is 0 Å². The fourth-order valence-electron chi connectivity index (χ4n) is 9.66. The van der Waals surface area contributed by atoms with E-state index in [0.717, 1.165) is 45.5 Å². The molecule has 0 N–H and O–H groups in total. The number of para-hydroxylation sites is 2. The first-order chi connectivity index (χ1) is 31.1. The van der Waals surface area contributed by atoms with Gasteiger partial charge in [0.05, 0.1) is 22.4 Å². The first-order valence-corrected chi connectivity index (χ1v) is 21.6. The fourth-order valence-corrected chi connectivity index (χ4v) is 9.66. The number of rotatable bonds is 10. The van der Waals surface area contributed by atoms with Crippen molar-refractivity contribution < 1.29 is 0 Å². The van der Waals surface area contributed by atoms with Crippen molar-refractivity contribution in [3.05, 3.63) is 242 Å². The summed E-state index contributed by atoms with van der Waals surface area (Å²) in [6.45, 7) is 12.6. The van der Waals surface area contributed by atoms with E-state index in [0.29, 0.717) is 0 Å². The Morgan fingerprint density at radius 2 is 0.952 bits per heavy atom. The summed E-state index contributed by atoms with van der Waals surface area (Å²) in [5.41, 5.74) is 16.2. The molecule has 3 heteroatoms. The molecule has 3 nitrogen and oxygen atoms in total. The Bertz CT molecular complexity index is 3440. The highest BCUT2D eigenvalue weighted by molar-refractivity contribution is 6.09. The van der Waals surface area contributed by atoms with E-state index in [-0.39, 0.29) is 6.04 Å². The van der Waals surface area contributed by atoms with Gasteiger partial charge in [0.2, 0.25) is 0 Å². The largest absolute Gasteiger partial charge is 0.333 e. The van der Waals surface area contributed by atoms with Gasteiger partial charge in [-0.25, -0.2) is 0 Å². The van der Waals surface area contributed by atoms with Gasteiger partial charge in [0.25, 0.3) is 0 Å². The molecule has 1 aliphatic heterocycles. The minimum atomic E-state index is 0.145. The van der Waals surface area contributed by atoms with E-state index in [1.54, 1.807) is 0 Å². The summed E-state index contributed by atoms with van der Waals surface area (Å²) >= 11 is 0. The van der Waals surface area contributed by atoms with Gasteiger partial charge in [-0.2, -0.15) is 0 Å². The van der Waals surface area contributed by atoms with Crippen LogP contribution >= 0.6 is 0 Å². The molecule has 2 aromatic heterocycles.